The number of hydrogen-bond acceptors (Lipinski definition) is 3. The Kier molecular flexibility index (Phi) is 5.20. The number of carbonyl (C=O) groups excluding carboxylic acids is 1. The minimum absolute atomic E-state index is 0.0761. The number of oxime groups is 1. The second-order valence-electron chi connectivity index (χ2n) is 5.66. The fourth-order valence-corrected chi connectivity index (χ4v) is 2.82. The van der Waals surface area contributed by atoms with Gasteiger partial charge in [-0.25, -0.2) is 0 Å². The molecule has 21 heavy (non-hydrogen) atoms. The fourth-order valence-electron chi connectivity index (χ4n) is 2.82. The van der Waals surface area contributed by atoms with Crippen molar-refractivity contribution in [3.05, 3.63) is 35.4 Å². The van der Waals surface area contributed by atoms with Crippen molar-refractivity contribution in [2.75, 3.05) is 7.05 Å². The van der Waals surface area contributed by atoms with E-state index in [1.54, 1.807) is 12.1 Å². The zero-order valence-corrected chi connectivity index (χ0v) is 12.5. The third-order valence-electron chi connectivity index (χ3n) is 4.23. The van der Waals surface area contributed by atoms with E-state index in [2.05, 4.69) is 5.16 Å². The van der Waals surface area contributed by atoms with Crippen molar-refractivity contribution in [1.82, 2.24) is 4.90 Å². The monoisotopic (exact) mass is 289 g/mol. The zero-order chi connectivity index (χ0) is 15.2. The lowest BCUT2D eigenvalue weighted by molar-refractivity contribution is -0.131. The molecule has 0 spiro atoms. The predicted molar refractivity (Wildman–Crippen MR) is 82.3 cm³/mol. The molecule has 5 nitrogen and oxygen atoms in total. The predicted octanol–water partition coefficient (Wildman–Crippen LogP) is 2.11. The minimum atomic E-state index is 0.0761. The van der Waals surface area contributed by atoms with Crippen LogP contribution in [0.25, 0.3) is 0 Å². The number of amidine groups is 1. The van der Waals surface area contributed by atoms with Gasteiger partial charge in [0, 0.05) is 18.7 Å². The standard InChI is InChI=1S/C16H23N3O2/c1-19(14-5-3-2-4-6-14)15(20)11-12-7-9-13(10-8-12)16(17)18-21/h7-10,14,21H,2-6,11H2,1H3,(H2,17,18). The Balaban J connectivity index is 1.95. The quantitative estimate of drug-likeness (QED) is 0.385. The van der Waals surface area contributed by atoms with Gasteiger partial charge in [-0.05, 0) is 18.4 Å². The largest absolute Gasteiger partial charge is 0.409 e. The molecule has 1 aliphatic rings. The van der Waals surface area contributed by atoms with E-state index in [0.29, 0.717) is 18.0 Å². The van der Waals surface area contributed by atoms with Gasteiger partial charge >= 0.3 is 0 Å². The summed E-state index contributed by atoms with van der Waals surface area (Å²) in [5.41, 5.74) is 7.11. The number of nitrogens with two attached hydrogens (primary N) is 1. The normalized spacial score (nSPS) is 16.7. The van der Waals surface area contributed by atoms with Crippen LogP contribution in [0.1, 0.15) is 43.2 Å². The second kappa shape index (κ2) is 7.11. The lowest BCUT2D eigenvalue weighted by Gasteiger charge is -2.31. The smallest absolute Gasteiger partial charge is 0.226 e. The van der Waals surface area contributed by atoms with Crippen LogP contribution in [0, 0.1) is 0 Å². The highest BCUT2D eigenvalue weighted by atomic mass is 16.4. The van der Waals surface area contributed by atoms with Crippen LogP contribution in [0.4, 0.5) is 0 Å². The summed E-state index contributed by atoms with van der Waals surface area (Å²) < 4.78 is 0. The van der Waals surface area contributed by atoms with Gasteiger partial charge in [-0.1, -0.05) is 48.7 Å². The molecule has 2 rings (SSSR count). The molecule has 5 heteroatoms. The van der Waals surface area contributed by atoms with Gasteiger partial charge in [-0.15, -0.1) is 0 Å². The maximum Gasteiger partial charge on any atom is 0.226 e. The molecule has 1 aromatic carbocycles. The maximum absolute atomic E-state index is 12.3. The molecule has 1 amide bonds. The number of rotatable bonds is 4. The summed E-state index contributed by atoms with van der Waals surface area (Å²) in [4.78, 5) is 14.2. The first-order valence-corrected chi connectivity index (χ1v) is 7.44. The van der Waals surface area contributed by atoms with Crippen molar-refractivity contribution in [3.63, 3.8) is 0 Å². The summed E-state index contributed by atoms with van der Waals surface area (Å²) in [5.74, 6) is 0.227. The van der Waals surface area contributed by atoms with Crippen molar-refractivity contribution < 1.29 is 10.0 Å². The van der Waals surface area contributed by atoms with E-state index in [1.807, 2.05) is 24.1 Å². The lowest BCUT2D eigenvalue weighted by Crippen LogP contribution is -2.39. The topological polar surface area (TPSA) is 78.9 Å². The fraction of sp³-hybridized carbons (Fsp3) is 0.500. The number of likely N-dealkylation sites (N-methyl/N-ethyl adjacent to an activating group) is 1. The number of nitrogens with zero attached hydrogens (tertiary/aromatic N) is 2. The molecule has 114 valence electrons. The van der Waals surface area contributed by atoms with Crippen molar-refractivity contribution in [2.45, 2.75) is 44.6 Å². The first-order chi connectivity index (χ1) is 10.1. The van der Waals surface area contributed by atoms with Crippen LogP contribution in [0.3, 0.4) is 0 Å². The van der Waals surface area contributed by atoms with E-state index in [9.17, 15) is 4.79 Å². The summed E-state index contributed by atoms with van der Waals surface area (Å²) in [6.07, 6.45) is 6.35. The molecule has 0 bridgehead atoms. The summed E-state index contributed by atoms with van der Waals surface area (Å²) >= 11 is 0. The summed E-state index contributed by atoms with van der Waals surface area (Å²) in [6, 6.07) is 7.61. The van der Waals surface area contributed by atoms with Gasteiger partial charge in [-0.3, -0.25) is 4.79 Å². The van der Waals surface area contributed by atoms with Gasteiger partial charge in [0.2, 0.25) is 5.91 Å². The van der Waals surface area contributed by atoms with E-state index in [4.69, 9.17) is 10.9 Å². The summed E-state index contributed by atoms with van der Waals surface area (Å²) in [6.45, 7) is 0. The summed E-state index contributed by atoms with van der Waals surface area (Å²) in [5, 5.41) is 11.6. The Bertz CT molecular complexity index is 505. The molecule has 0 unspecified atom stereocenters. The van der Waals surface area contributed by atoms with Gasteiger partial charge < -0.3 is 15.8 Å². The molecule has 3 N–H and O–H groups in total. The highest BCUT2D eigenvalue weighted by Gasteiger charge is 2.21. The molecule has 0 atom stereocenters. The molecule has 0 radical (unpaired) electrons. The molecular weight excluding hydrogens is 266 g/mol. The van der Waals surface area contributed by atoms with E-state index in [1.165, 1.54) is 19.3 Å². The van der Waals surface area contributed by atoms with Crippen LogP contribution in [0.15, 0.2) is 29.4 Å². The van der Waals surface area contributed by atoms with Gasteiger partial charge in [0.25, 0.3) is 0 Å². The number of benzene rings is 1. The first kappa shape index (κ1) is 15.4. The Hall–Kier alpha value is -2.04. The number of carbonyl (C=O) groups is 1. The van der Waals surface area contributed by atoms with Crippen molar-refractivity contribution in [1.29, 1.82) is 0 Å². The highest BCUT2D eigenvalue weighted by molar-refractivity contribution is 5.97. The molecule has 0 saturated heterocycles. The SMILES string of the molecule is CN(C(=O)Cc1ccc(C(N)=NO)cc1)C1CCCCC1. The Morgan fingerprint density at radius 1 is 1.29 bits per heavy atom. The van der Waals surface area contributed by atoms with Crippen molar-refractivity contribution in [3.8, 4) is 0 Å². The van der Waals surface area contributed by atoms with Crippen LogP contribution < -0.4 is 5.73 Å². The molecule has 1 fully saturated rings. The van der Waals surface area contributed by atoms with E-state index >= 15 is 0 Å². The second-order valence-corrected chi connectivity index (χ2v) is 5.66. The average Bonchev–Trinajstić information content (AvgIpc) is 2.55. The molecular formula is C16H23N3O2. The average molecular weight is 289 g/mol. The van der Waals surface area contributed by atoms with Crippen LogP contribution in [0.2, 0.25) is 0 Å². The Morgan fingerprint density at radius 2 is 1.90 bits per heavy atom. The maximum atomic E-state index is 12.3. The van der Waals surface area contributed by atoms with Crippen LogP contribution in [-0.4, -0.2) is 34.9 Å². The molecule has 1 aromatic rings. The molecule has 0 aromatic heterocycles. The van der Waals surface area contributed by atoms with Gasteiger partial charge in [0.15, 0.2) is 5.84 Å². The third-order valence-corrected chi connectivity index (χ3v) is 4.23. The summed E-state index contributed by atoms with van der Waals surface area (Å²) in [7, 11) is 1.91. The third kappa shape index (κ3) is 3.97. The Labute approximate surface area is 125 Å². The van der Waals surface area contributed by atoms with Gasteiger partial charge in [0.05, 0.1) is 6.42 Å². The van der Waals surface area contributed by atoms with Crippen molar-refractivity contribution >= 4 is 11.7 Å². The molecule has 0 heterocycles. The Morgan fingerprint density at radius 3 is 2.48 bits per heavy atom. The van der Waals surface area contributed by atoms with Crippen LogP contribution in [-0.2, 0) is 11.2 Å². The number of amides is 1. The van der Waals surface area contributed by atoms with Crippen LogP contribution >= 0.6 is 0 Å². The van der Waals surface area contributed by atoms with E-state index < -0.39 is 0 Å². The molecule has 0 aliphatic heterocycles. The van der Waals surface area contributed by atoms with Gasteiger partial charge in [-0.2, -0.15) is 0 Å². The molecule has 1 aliphatic carbocycles. The van der Waals surface area contributed by atoms with Crippen LogP contribution in [0.5, 0.6) is 0 Å². The minimum Gasteiger partial charge on any atom is -0.409 e. The lowest BCUT2D eigenvalue weighted by atomic mass is 9.94. The first-order valence-electron chi connectivity index (χ1n) is 7.44. The highest BCUT2D eigenvalue weighted by Crippen LogP contribution is 2.22. The number of hydrogen-bond donors (Lipinski definition) is 2. The van der Waals surface area contributed by atoms with E-state index in [0.717, 1.165) is 18.4 Å². The van der Waals surface area contributed by atoms with E-state index in [-0.39, 0.29) is 11.7 Å². The van der Waals surface area contributed by atoms with Gasteiger partial charge in [0.1, 0.15) is 0 Å². The zero-order valence-electron chi connectivity index (χ0n) is 12.5. The molecule has 1 saturated carbocycles. The van der Waals surface area contributed by atoms with Crippen molar-refractivity contribution in [2.24, 2.45) is 10.9 Å².